The number of halogens is 9. The summed E-state index contributed by atoms with van der Waals surface area (Å²) >= 11 is 0. The van der Waals surface area contributed by atoms with Crippen molar-refractivity contribution in [3.8, 4) is 11.5 Å². The van der Waals surface area contributed by atoms with Gasteiger partial charge >= 0.3 is 18.0 Å². The predicted molar refractivity (Wildman–Crippen MR) is 165 cm³/mol. The van der Waals surface area contributed by atoms with Crippen molar-refractivity contribution in [3.63, 3.8) is 0 Å². The van der Waals surface area contributed by atoms with Gasteiger partial charge in [0.1, 0.15) is 11.5 Å². The summed E-state index contributed by atoms with van der Waals surface area (Å²) in [5, 5.41) is 31.1. The monoisotopic (exact) mass is 752 g/mol. The summed E-state index contributed by atoms with van der Waals surface area (Å²) in [5.41, 5.74) is -1.70. The van der Waals surface area contributed by atoms with E-state index in [1.807, 2.05) is 24.6 Å². The van der Waals surface area contributed by atoms with Gasteiger partial charge in [-0.1, -0.05) is 66.5 Å². The van der Waals surface area contributed by atoms with Crippen LogP contribution in [0.25, 0.3) is 0 Å². The number of aromatic hydroxyl groups is 2. The third kappa shape index (κ3) is 10.6. The van der Waals surface area contributed by atoms with Gasteiger partial charge in [-0.15, -0.1) is 0 Å². The zero-order valence-corrected chi connectivity index (χ0v) is 29.6. The number of nitrogens with zero attached hydrogens (tertiary/aromatic N) is 2. The SMILES string of the molecule is Cc1cc(C=N[C@@H]2CCCC[C@H]2N=Cc2cc(C)cc(C(C)(C)C)c2O)c(O)c(C(C)(C)C)c1.[Mn].[O-]C(F)(F)C(F)(C(F)(F)F)C(F)(F)F. The molecule has 3 rings (SSSR count). The van der Waals surface area contributed by atoms with Crippen molar-refractivity contribution in [2.24, 2.45) is 9.98 Å². The number of aryl methyl sites for hydroxylation is 2. The first-order chi connectivity index (χ1) is 21.5. The zero-order chi connectivity index (χ0) is 37.3. The first kappa shape index (κ1) is 44.3. The Morgan fingerprint density at radius 1 is 0.633 bits per heavy atom. The van der Waals surface area contributed by atoms with E-state index in [4.69, 9.17) is 9.98 Å². The summed E-state index contributed by atoms with van der Waals surface area (Å²) in [5.74, 6) is 0.634. The summed E-state index contributed by atoms with van der Waals surface area (Å²) < 4.78 is 103. The molecule has 1 saturated carbocycles. The van der Waals surface area contributed by atoms with E-state index in [0.717, 1.165) is 59.1 Å². The third-order valence-electron chi connectivity index (χ3n) is 7.87. The smallest absolute Gasteiger partial charge is 0.436 e. The Bertz CT molecular complexity index is 1360. The van der Waals surface area contributed by atoms with Crippen LogP contribution in [0.5, 0.6) is 11.5 Å². The van der Waals surface area contributed by atoms with Crippen LogP contribution in [0.2, 0.25) is 0 Å². The van der Waals surface area contributed by atoms with Crippen LogP contribution in [0.3, 0.4) is 0 Å². The molecule has 2 aromatic rings. The van der Waals surface area contributed by atoms with Crippen LogP contribution in [0.15, 0.2) is 34.3 Å². The van der Waals surface area contributed by atoms with Gasteiger partial charge in [0.05, 0.1) is 12.1 Å². The Labute approximate surface area is 291 Å². The Balaban J connectivity index is 0.000000679. The molecule has 2 aromatic carbocycles. The first-order valence-electron chi connectivity index (χ1n) is 15.2. The average Bonchev–Trinajstić information content (AvgIpc) is 2.90. The second kappa shape index (κ2) is 15.6. The van der Waals surface area contributed by atoms with Gasteiger partial charge in [0.15, 0.2) is 0 Å². The molecule has 0 amide bonds. The molecule has 0 aromatic heterocycles. The second-order valence-corrected chi connectivity index (χ2v) is 14.1. The van der Waals surface area contributed by atoms with E-state index in [2.05, 4.69) is 67.5 Å². The summed E-state index contributed by atoms with van der Waals surface area (Å²) in [6.45, 7) is 16.8. The summed E-state index contributed by atoms with van der Waals surface area (Å²) in [4.78, 5) is 9.82. The summed E-state index contributed by atoms with van der Waals surface area (Å²) in [6.07, 6.45) is -13.0. The fourth-order valence-corrected chi connectivity index (χ4v) is 5.24. The van der Waals surface area contributed by atoms with Crippen molar-refractivity contribution in [1.82, 2.24) is 0 Å². The number of phenolic OH excluding ortho intramolecular Hbond substituents is 2. The van der Waals surface area contributed by atoms with Gasteiger partial charge in [-0.25, -0.2) is 13.2 Å². The molecule has 0 saturated heterocycles. The van der Waals surface area contributed by atoms with Crippen LogP contribution >= 0.6 is 0 Å². The molecule has 277 valence electrons. The molecule has 49 heavy (non-hydrogen) atoms. The molecule has 0 bridgehead atoms. The van der Waals surface area contributed by atoms with E-state index in [9.17, 15) is 54.8 Å². The molecule has 15 heteroatoms. The zero-order valence-electron chi connectivity index (χ0n) is 28.4. The normalized spacial score (nSPS) is 18.3. The molecule has 0 aliphatic heterocycles. The van der Waals surface area contributed by atoms with Gasteiger partial charge in [-0.3, -0.25) is 9.98 Å². The second-order valence-electron chi connectivity index (χ2n) is 14.1. The van der Waals surface area contributed by atoms with E-state index in [0.29, 0.717) is 11.5 Å². The number of benzene rings is 2. The third-order valence-corrected chi connectivity index (χ3v) is 7.87. The van der Waals surface area contributed by atoms with Crippen LogP contribution in [-0.2, 0) is 27.9 Å². The van der Waals surface area contributed by atoms with Gasteiger partial charge < -0.3 is 15.3 Å². The molecule has 0 unspecified atom stereocenters. The standard InChI is InChI=1S/C30H42N2O2.C4F9O.Mn/c1-19-13-21(27(33)23(15-19)29(3,4)5)17-31-25-11-9-10-12-26(25)32-18-22-14-20(2)16-24(28(22)34)30(6,7)8;5-1(2(6,7)8,3(9,10)11)4(12,13)14;/h13-18,25-26,33-34H,9-12H2,1-8H3;;/q;-1;/t25-,26-;;/m1../s1. The Morgan fingerprint density at radius 2 is 0.939 bits per heavy atom. The van der Waals surface area contributed by atoms with E-state index >= 15 is 0 Å². The van der Waals surface area contributed by atoms with E-state index in [1.54, 1.807) is 0 Å². The number of hydrogen-bond donors (Lipinski definition) is 2. The number of phenols is 2. The molecule has 1 fully saturated rings. The maximum absolute atomic E-state index is 12.0. The van der Waals surface area contributed by atoms with Crippen LogP contribution in [0.1, 0.15) is 101 Å². The maximum Gasteiger partial charge on any atom is 0.436 e. The molecule has 1 aliphatic carbocycles. The van der Waals surface area contributed by atoms with Crippen LogP contribution in [0, 0.1) is 13.8 Å². The predicted octanol–water partition coefficient (Wildman–Crippen LogP) is 8.93. The molecular weight excluding hydrogens is 710 g/mol. The number of hydrogen-bond acceptors (Lipinski definition) is 5. The van der Waals surface area contributed by atoms with Gasteiger partial charge in [0.25, 0.3) is 0 Å². The fraction of sp³-hybridized carbons (Fsp3) is 0.588. The van der Waals surface area contributed by atoms with Gasteiger partial charge in [0, 0.05) is 51.8 Å². The van der Waals surface area contributed by atoms with E-state index < -0.39 is 24.1 Å². The molecular formula is C34H42F9MnN2O3-. The maximum atomic E-state index is 12.0. The molecule has 0 heterocycles. The fourth-order valence-electron chi connectivity index (χ4n) is 5.24. The Kier molecular flexibility index (Phi) is 14.1. The number of rotatable bonds is 5. The first-order valence-corrected chi connectivity index (χ1v) is 15.2. The van der Waals surface area contributed by atoms with Gasteiger partial charge in [-0.05, 0) is 60.8 Å². The molecule has 2 atom stereocenters. The molecule has 2 N–H and O–H groups in total. The van der Waals surface area contributed by atoms with Gasteiger partial charge in [-0.2, -0.15) is 26.3 Å². The number of alkyl halides is 9. The number of aliphatic imine (C=N–C) groups is 2. The molecule has 1 radical (unpaired) electrons. The van der Waals surface area contributed by atoms with E-state index in [1.165, 1.54) is 0 Å². The largest absolute Gasteiger partial charge is 0.795 e. The van der Waals surface area contributed by atoms with Crippen LogP contribution in [0.4, 0.5) is 39.5 Å². The Hall–Kier alpha value is -2.77. The minimum Gasteiger partial charge on any atom is -0.795 e. The van der Waals surface area contributed by atoms with Crippen molar-refractivity contribution in [1.29, 1.82) is 0 Å². The minimum absolute atomic E-state index is 0. The topological polar surface area (TPSA) is 88.2 Å². The van der Waals surface area contributed by atoms with Gasteiger partial charge in [0.2, 0.25) is 6.11 Å². The van der Waals surface area contributed by atoms with E-state index in [-0.39, 0.29) is 40.0 Å². The van der Waals surface area contributed by atoms with Crippen molar-refractivity contribution in [2.45, 2.75) is 128 Å². The van der Waals surface area contributed by atoms with Crippen LogP contribution < -0.4 is 5.11 Å². The minimum atomic E-state index is -7.08. The molecule has 1 aliphatic rings. The molecule has 0 spiro atoms. The molecule has 5 nitrogen and oxygen atoms in total. The van der Waals surface area contributed by atoms with Crippen molar-refractivity contribution >= 4 is 12.4 Å². The average molecular weight is 753 g/mol. The quantitative estimate of drug-likeness (QED) is 0.182. The van der Waals surface area contributed by atoms with Crippen molar-refractivity contribution in [3.05, 3.63) is 57.6 Å². The van der Waals surface area contributed by atoms with Crippen molar-refractivity contribution in [2.75, 3.05) is 0 Å². The summed E-state index contributed by atoms with van der Waals surface area (Å²) in [7, 11) is 0. The Morgan fingerprint density at radius 3 is 1.16 bits per heavy atom. The van der Waals surface area contributed by atoms with Crippen LogP contribution in [-0.4, -0.2) is 58.9 Å². The van der Waals surface area contributed by atoms with Crippen molar-refractivity contribution < 1.29 is 71.9 Å². The summed E-state index contributed by atoms with van der Waals surface area (Å²) in [6, 6.07) is 8.23.